The normalized spacial score (nSPS) is 23.1. The molecule has 0 bridgehead atoms. The molecule has 0 saturated carbocycles. The van der Waals surface area contributed by atoms with Crippen molar-refractivity contribution >= 4 is 44.3 Å². The second-order valence-electron chi connectivity index (χ2n) is 9.15. The number of anilines is 1. The van der Waals surface area contributed by atoms with Crippen molar-refractivity contribution in [1.29, 1.82) is 0 Å². The van der Waals surface area contributed by atoms with Gasteiger partial charge in [-0.1, -0.05) is 18.5 Å². The second kappa shape index (κ2) is 8.02. The summed E-state index contributed by atoms with van der Waals surface area (Å²) < 4.78 is 28.4. The molecule has 0 aliphatic carbocycles. The van der Waals surface area contributed by atoms with Gasteiger partial charge >= 0.3 is 6.09 Å². The van der Waals surface area contributed by atoms with Gasteiger partial charge < -0.3 is 9.67 Å². The molecule has 4 heterocycles. The standard InChI is InChI=1S/C22H26ClN5O4S/c1-13(10-26-11-15(23)9-24-26)21-25-20-17-4-3-14(2)27(22(29)30)18(17)5-6-19(20)28(21)16-7-8-33(31,32)12-16/h5-6,9,11,13-14,16H,3-4,7-8,10,12H2,1-2H3,(H,29,30)/t13?,14-,16+/m0/s1. The number of hydrogen-bond donors (Lipinski definition) is 1. The van der Waals surface area contributed by atoms with Gasteiger partial charge in [-0.05, 0) is 38.3 Å². The largest absolute Gasteiger partial charge is 0.465 e. The number of aromatic nitrogens is 4. The molecule has 0 spiro atoms. The fourth-order valence-electron chi connectivity index (χ4n) is 5.22. The fourth-order valence-corrected chi connectivity index (χ4v) is 7.07. The van der Waals surface area contributed by atoms with Crippen molar-refractivity contribution in [2.24, 2.45) is 0 Å². The quantitative estimate of drug-likeness (QED) is 0.593. The highest BCUT2D eigenvalue weighted by molar-refractivity contribution is 7.91. The molecule has 1 amide bonds. The molecule has 1 unspecified atom stereocenters. The number of rotatable bonds is 4. The van der Waals surface area contributed by atoms with Crippen molar-refractivity contribution < 1.29 is 18.3 Å². The molecule has 2 aromatic heterocycles. The van der Waals surface area contributed by atoms with Crippen LogP contribution in [-0.2, 0) is 22.8 Å². The van der Waals surface area contributed by atoms with Crippen LogP contribution in [-0.4, -0.2) is 56.5 Å². The van der Waals surface area contributed by atoms with Gasteiger partial charge in [0.2, 0.25) is 0 Å². The minimum Gasteiger partial charge on any atom is -0.465 e. The van der Waals surface area contributed by atoms with Crippen LogP contribution in [0.15, 0.2) is 24.5 Å². The van der Waals surface area contributed by atoms with Gasteiger partial charge in [0, 0.05) is 23.7 Å². The van der Waals surface area contributed by atoms with Crippen molar-refractivity contribution in [2.45, 2.75) is 57.7 Å². The maximum Gasteiger partial charge on any atom is 0.412 e. The molecule has 11 heteroatoms. The maximum atomic E-state index is 12.3. The smallest absolute Gasteiger partial charge is 0.412 e. The van der Waals surface area contributed by atoms with Crippen LogP contribution < -0.4 is 4.90 Å². The number of fused-ring (bicyclic) bond motifs is 3. The van der Waals surface area contributed by atoms with Crippen molar-refractivity contribution in [3.63, 3.8) is 0 Å². The molecule has 3 atom stereocenters. The predicted octanol–water partition coefficient (Wildman–Crippen LogP) is 3.87. The zero-order valence-corrected chi connectivity index (χ0v) is 20.1. The van der Waals surface area contributed by atoms with Crippen LogP contribution >= 0.6 is 11.6 Å². The highest BCUT2D eigenvalue weighted by Gasteiger charge is 2.35. The SMILES string of the molecule is CC(Cn1cc(Cl)cn1)c1nc2c3c(ccc2n1[C@@H]1CCS(=O)(=O)C1)N(C(=O)O)[C@@H](C)CC3. The molecule has 3 aromatic rings. The van der Waals surface area contributed by atoms with Crippen molar-refractivity contribution in [2.75, 3.05) is 16.4 Å². The molecular formula is C22H26ClN5O4S. The summed E-state index contributed by atoms with van der Waals surface area (Å²) in [5.74, 6) is 0.967. The molecule has 176 valence electrons. The van der Waals surface area contributed by atoms with Gasteiger partial charge in [-0.3, -0.25) is 9.58 Å². The summed E-state index contributed by atoms with van der Waals surface area (Å²) >= 11 is 6.03. The Morgan fingerprint density at radius 2 is 2.12 bits per heavy atom. The summed E-state index contributed by atoms with van der Waals surface area (Å²) in [6.45, 7) is 4.48. The zero-order valence-electron chi connectivity index (χ0n) is 18.5. The number of carboxylic acid groups (broad SMARTS) is 1. The Balaban J connectivity index is 1.66. The lowest BCUT2D eigenvalue weighted by molar-refractivity contribution is 0.198. The Hall–Kier alpha value is -2.59. The minimum atomic E-state index is -3.10. The van der Waals surface area contributed by atoms with Gasteiger partial charge in [0.15, 0.2) is 9.84 Å². The summed E-state index contributed by atoms with van der Waals surface area (Å²) in [6.07, 6.45) is 4.32. The van der Waals surface area contributed by atoms with Gasteiger partial charge in [0.1, 0.15) is 5.82 Å². The first kappa shape index (κ1) is 22.2. The van der Waals surface area contributed by atoms with E-state index in [9.17, 15) is 18.3 Å². The first-order chi connectivity index (χ1) is 15.6. The molecular weight excluding hydrogens is 466 g/mol. The van der Waals surface area contributed by atoms with E-state index in [1.807, 2.05) is 26.0 Å². The van der Waals surface area contributed by atoms with Gasteiger partial charge in [-0.25, -0.2) is 18.2 Å². The molecule has 2 aliphatic heterocycles. The van der Waals surface area contributed by atoms with Gasteiger partial charge in [-0.2, -0.15) is 5.10 Å². The van der Waals surface area contributed by atoms with Gasteiger partial charge in [0.25, 0.3) is 0 Å². The van der Waals surface area contributed by atoms with Crippen LogP contribution in [0.1, 0.15) is 50.0 Å². The van der Waals surface area contributed by atoms with Crippen LogP contribution in [0.4, 0.5) is 10.5 Å². The molecule has 2 aliphatic rings. The molecule has 1 saturated heterocycles. The number of halogens is 1. The topological polar surface area (TPSA) is 110 Å². The lowest BCUT2D eigenvalue weighted by atomic mass is 9.95. The highest BCUT2D eigenvalue weighted by Crippen LogP contribution is 2.39. The van der Waals surface area contributed by atoms with E-state index in [4.69, 9.17) is 16.6 Å². The van der Waals surface area contributed by atoms with Crippen LogP contribution in [0.25, 0.3) is 11.0 Å². The van der Waals surface area contributed by atoms with E-state index >= 15 is 0 Å². The summed E-state index contributed by atoms with van der Waals surface area (Å²) in [5.41, 5.74) is 3.19. The number of aryl methyl sites for hydroxylation is 1. The molecule has 9 nitrogen and oxygen atoms in total. The number of nitrogens with zero attached hydrogens (tertiary/aromatic N) is 5. The minimum absolute atomic E-state index is 0.0644. The zero-order chi connectivity index (χ0) is 23.5. The molecule has 0 radical (unpaired) electrons. The molecule has 1 aromatic carbocycles. The Morgan fingerprint density at radius 3 is 2.76 bits per heavy atom. The lowest BCUT2D eigenvalue weighted by Gasteiger charge is -2.33. The van der Waals surface area contributed by atoms with Crippen molar-refractivity contribution in [1.82, 2.24) is 19.3 Å². The molecule has 1 fully saturated rings. The Bertz CT molecular complexity index is 1350. The summed E-state index contributed by atoms with van der Waals surface area (Å²) in [7, 11) is -3.10. The van der Waals surface area contributed by atoms with Crippen molar-refractivity contribution in [3.05, 3.63) is 40.9 Å². The Morgan fingerprint density at radius 1 is 1.33 bits per heavy atom. The molecule has 5 rings (SSSR count). The third-order valence-corrected chi connectivity index (χ3v) is 8.71. The third-order valence-electron chi connectivity index (χ3n) is 6.76. The van der Waals surface area contributed by atoms with E-state index in [1.165, 1.54) is 4.90 Å². The number of hydrogen-bond acceptors (Lipinski definition) is 5. The van der Waals surface area contributed by atoms with Gasteiger partial charge in [0.05, 0.1) is 52.0 Å². The Kier molecular flexibility index (Phi) is 5.40. The summed E-state index contributed by atoms with van der Waals surface area (Å²) in [6, 6.07) is 3.42. The first-order valence-corrected chi connectivity index (χ1v) is 13.3. The third kappa shape index (κ3) is 3.89. The van der Waals surface area contributed by atoms with E-state index in [0.29, 0.717) is 30.1 Å². The van der Waals surface area contributed by atoms with Crippen LogP contribution in [0.5, 0.6) is 0 Å². The number of benzene rings is 1. The van der Waals surface area contributed by atoms with Crippen LogP contribution in [0.3, 0.4) is 0 Å². The van der Waals surface area contributed by atoms with Crippen LogP contribution in [0.2, 0.25) is 5.02 Å². The average Bonchev–Trinajstić information content (AvgIpc) is 3.43. The number of imidazole rings is 1. The number of carbonyl (C=O) groups is 1. The van der Waals surface area contributed by atoms with E-state index in [1.54, 1.807) is 17.1 Å². The van der Waals surface area contributed by atoms with Crippen molar-refractivity contribution in [3.8, 4) is 0 Å². The fraction of sp³-hybridized carbons (Fsp3) is 0.500. The predicted molar refractivity (Wildman–Crippen MR) is 126 cm³/mol. The van der Waals surface area contributed by atoms with Crippen LogP contribution in [0, 0.1) is 0 Å². The molecule has 1 N–H and O–H groups in total. The monoisotopic (exact) mass is 491 g/mol. The van der Waals surface area contributed by atoms with E-state index in [0.717, 1.165) is 28.8 Å². The Labute approximate surface area is 196 Å². The van der Waals surface area contributed by atoms with E-state index in [-0.39, 0.29) is 29.5 Å². The van der Waals surface area contributed by atoms with E-state index in [2.05, 4.69) is 9.67 Å². The number of amides is 1. The first-order valence-electron chi connectivity index (χ1n) is 11.1. The van der Waals surface area contributed by atoms with E-state index < -0.39 is 15.9 Å². The number of sulfone groups is 1. The summed E-state index contributed by atoms with van der Waals surface area (Å²) in [5, 5.41) is 14.6. The molecule has 33 heavy (non-hydrogen) atoms. The highest BCUT2D eigenvalue weighted by atomic mass is 35.5. The maximum absolute atomic E-state index is 12.3. The van der Waals surface area contributed by atoms with Gasteiger partial charge in [-0.15, -0.1) is 0 Å². The average molecular weight is 492 g/mol. The lowest BCUT2D eigenvalue weighted by Crippen LogP contribution is -2.41. The second-order valence-corrected chi connectivity index (χ2v) is 11.8. The summed E-state index contributed by atoms with van der Waals surface area (Å²) in [4.78, 5) is 18.4.